The van der Waals surface area contributed by atoms with Crippen LogP contribution < -0.4 is 10.9 Å². The van der Waals surface area contributed by atoms with Crippen molar-refractivity contribution in [2.24, 2.45) is 0 Å². The van der Waals surface area contributed by atoms with E-state index in [1.165, 1.54) is 22.2 Å². The summed E-state index contributed by atoms with van der Waals surface area (Å²) in [6.45, 7) is 1.86. The Bertz CT molecular complexity index is 1170. The molecule has 0 saturated carbocycles. The van der Waals surface area contributed by atoms with Gasteiger partial charge >= 0.3 is 0 Å². The van der Waals surface area contributed by atoms with E-state index < -0.39 is 0 Å². The summed E-state index contributed by atoms with van der Waals surface area (Å²) in [5.41, 5.74) is 1.86. The molecule has 1 amide bonds. The number of benzene rings is 2. The summed E-state index contributed by atoms with van der Waals surface area (Å²) in [6.07, 6.45) is 1.45. The number of carbonyl (C=O) groups excluding carboxylic acids is 1. The highest BCUT2D eigenvalue weighted by molar-refractivity contribution is 7.21. The van der Waals surface area contributed by atoms with Crippen molar-refractivity contribution in [3.05, 3.63) is 89.0 Å². The normalized spacial score (nSPS) is 12.0. The standard InChI is InChI=1S/C22H19N3O2S/c1-15(16-8-4-2-5-9-16)24-20(26)13-25-14-23-21-18(22(25)27)12-19(28-21)17-10-6-3-7-11-17/h2-12,14-15H,13H2,1H3,(H,24,26)/t15-/m0/s1. The van der Waals surface area contributed by atoms with E-state index in [-0.39, 0.29) is 24.1 Å². The van der Waals surface area contributed by atoms with Crippen molar-refractivity contribution >= 4 is 27.5 Å². The Balaban J connectivity index is 1.55. The molecule has 0 saturated heterocycles. The predicted octanol–water partition coefficient (Wildman–Crippen LogP) is 4.00. The van der Waals surface area contributed by atoms with Gasteiger partial charge in [0.2, 0.25) is 5.91 Å². The zero-order valence-electron chi connectivity index (χ0n) is 15.3. The molecule has 0 bridgehead atoms. The molecule has 4 rings (SSSR count). The number of carbonyl (C=O) groups is 1. The molecule has 0 fully saturated rings. The summed E-state index contributed by atoms with van der Waals surface area (Å²) in [4.78, 5) is 31.3. The lowest BCUT2D eigenvalue weighted by Gasteiger charge is -2.14. The van der Waals surface area contributed by atoms with Crippen molar-refractivity contribution in [3.63, 3.8) is 0 Å². The fourth-order valence-electron chi connectivity index (χ4n) is 3.08. The first-order valence-corrected chi connectivity index (χ1v) is 9.82. The van der Waals surface area contributed by atoms with E-state index in [0.717, 1.165) is 16.0 Å². The summed E-state index contributed by atoms with van der Waals surface area (Å²) in [5, 5.41) is 3.46. The van der Waals surface area contributed by atoms with Crippen LogP contribution in [0.15, 0.2) is 77.9 Å². The van der Waals surface area contributed by atoms with Crippen LogP contribution in [0.2, 0.25) is 0 Å². The van der Waals surface area contributed by atoms with Gasteiger partial charge in [-0.3, -0.25) is 14.2 Å². The molecule has 2 aromatic heterocycles. The van der Waals surface area contributed by atoms with Crippen molar-refractivity contribution in [1.82, 2.24) is 14.9 Å². The maximum atomic E-state index is 12.8. The Morgan fingerprint density at radius 1 is 1.11 bits per heavy atom. The maximum absolute atomic E-state index is 12.8. The number of hydrogen-bond acceptors (Lipinski definition) is 4. The lowest BCUT2D eigenvalue weighted by atomic mass is 10.1. The third kappa shape index (κ3) is 3.73. The van der Waals surface area contributed by atoms with E-state index in [1.54, 1.807) is 0 Å². The number of aromatic nitrogens is 2. The Morgan fingerprint density at radius 3 is 2.50 bits per heavy atom. The summed E-state index contributed by atoms with van der Waals surface area (Å²) in [6, 6.07) is 21.3. The fourth-order valence-corrected chi connectivity index (χ4v) is 4.08. The molecule has 0 radical (unpaired) electrons. The van der Waals surface area contributed by atoms with Crippen molar-refractivity contribution in [3.8, 4) is 10.4 Å². The Morgan fingerprint density at radius 2 is 1.79 bits per heavy atom. The first-order valence-electron chi connectivity index (χ1n) is 9.00. The molecular formula is C22H19N3O2S. The molecule has 2 aromatic carbocycles. The minimum atomic E-state index is -0.224. The monoisotopic (exact) mass is 389 g/mol. The first kappa shape index (κ1) is 18.1. The Hall–Kier alpha value is -3.25. The van der Waals surface area contributed by atoms with E-state index in [4.69, 9.17) is 0 Å². The van der Waals surface area contributed by atoms with Crippen molar-refractivity contribution in [2.75, 3.05) is 0 Å². The second-order valence-corrected chi connectivity index (χ2v) is 7.60. The molecule has 0 aliphatic heterocycles. The molecule has 5 nitrogen and oxygen atoms in total. The molecular weight excluding hydrogens is 370 g/mol. The van der Waals surface area contributed by atoms with Gasteiger partial charge in [-0.15, -0.1) is 11.3 Å². The van der Waals surface area contributed by atoms with Crippen LogP contribution in [0.25, 0.3) is 20.7 Å². The highest BCUT2D eigenvalue weighted by atomic mass is 32.1. The van der Waals surface area contributed by atoms with E-state index in [0.29, 0.717) is 10.2 Å². The second-order valence-electron chi connectivity index (χ2n) is 6.57. The van der Waals surface area contributed by atoms with Gasteiger partial charge in [-0.2, -0.15) is 0 Å². The average molecular weight is 389 g/mol. The number of fused-ring (bicyclic) bond motifs is 1. The van der Waals surface area contributed by atoms with Crippen molar-refractivity contribution < 1.29 is 4.79 Å². The third-order valence-electron chi connectivity index (χ3n) is 4.57. The Labute approximate surface area is 166 Å². The van der Waals surface area contributed by atoms with Gasteiger partial charge in [0, 0.05) is 4.88 Å². The van der Waals surface area contributed by atoms with Crippen LogP contribution in [0.1, 0.15) is 18.5 Å². The molecule has 6 heteroatoms. The quantitative estimate of drug-likeness (QED) is 0.561. The van der Waals surface area contributed by atoms with E-state index in [9.17, 15) is 9.59 Å². The molecule has 0 unspecified atom stereocenters. The molecule has 1 atom stereocenters. The maximum Gasteiger partial charge on any atom is 0.262 e. The van der Waals surface area contributed by atoms with Crippen LogP contribution in [-0.2, 0) is 11.3 Å². The summed E-state index contributed by atoms with van der Waals surface area (Å²) < 4.78 is 1.36. The summed E-state index contributed by atoms with van der Waals surface area (Å²) >= 11 is 1.48. The van der Waals surface area contributed by atoms with Crippen LogP contribution in [-0.4, -0.2) is 15.5 Å². The molecule has 1 N–H and O–H groups in total. The van der Waals surface area contributed by atoms with Gasteiger partial charge in [-0.05, 0) is 24.1 Å². The number of thiophene rings is 1. The number of nitrogens with one attached hydrogen (secondary N) is 1. The fraction of sp³-hybridized carbons (Fsp3) is 0.136. The summed E-state index contributed by atoms with van der Waals surface area (Å²) in [5.74, 6) is -0.224. The number of nitrogens with zero attached hydrogens (tertiary/aromatic N) is 2. The van der Waals surface area contributed by atoms with E-state index in [1.807, 2.05) is 73.7 Å². The van der Waals surface area contributed by atoms with Crippen molar-refractivity contribution in [2.45, 2.75) is 19.5 Å². The van der Waals surface area contributed by atoms with Gasteiger partial charge in [-0.25, -0.2) is 4.98 Å². The minimum Gasteiger partial charge on any atom is -0.348 e. The second kappa shape index (κ2) is 7.78. The minimum absolute atomic E-state index is 0.0601. The topological polar surface area (TPSA) is 64.0 Å². The first-order chi connectivity index (χ1) is 13.6. The van der Waals surface area contributed by atoms with Crippen LogP contribution in [0, 0.1) is 0 Å². The number of hydrogen-bond donors (Lipinski definition) is 1. The van der Waals surface area contributed by atoms with Crippen LogP contribution in [0.5, 0.6) is 0 Å². The lowest BCUT2D eigenvalue weighted by molar-refractivity contribution is -0.122. The molecule has 28 heavy (non-hydrogen) atoms. The van der Waals surface area contributed by atoms with Gasteiger partial charge < -0.3 is 5.32 Å². The average Bonchev–Trinajstić information content (AvgIpc) is 3.17. The number of amides is 1. The van der Waals surface area contributed by atoms with Gasteiger partial charge in [0.25, 0.3) is 5.56 Å². The predicted molar refractivity (Wildman–Crippen MR) is 112 cm³/mol. The highest BCUT2D eigenvalue weighted by Crippen LogP contribution is 2.30. The Kier molecular flexibility index (Phi) is 5.04. The van der Waals surface area contributed by atoms with Gasteiger partial charge in [0.05, 0.1) is 17.8 Å². The van der Waals surface area contributed by atoms with E-state index >= 15 is 0 Å². The van der Waals surface area contributed by atoms with Crippen LogP contribution in [0.4, 0.5) is 0 Å². The zero-order chi connectivity index (χ0) is 19.5. The van der Waals surface area contributed by atoms with Gasteiger partial charge in [0.1, 0.15) is 11.4 Å². The van der Waals surface area contributed by atoms with Crippen LogP contribution in [0.3, 0.4) is 0 Å². The third-order valence-corrected chi connectivity index (χ3v) is 5.66. The molecule has 4 aromatic rings. The van der Waals surface area contributed by atoms with E-state index in [2.05, 4.69) is 10.3 Å². The molecule has 0 aliphatic rings. The smallest absolute Gasteiger partial charge is 0.262 e. The molecule has 0 aliphatic carbocycles. The zero-order valence-corrected chi connectivity index (χ0v) is 16.1. The highest BCUT2D eigenvalue weighted by Gasteiger charge is 2.14. The van der Waals surface area contributed by atoms with Gasteiger partial charge in [-0.1, -0.05) is 60.7 Å². The van der Waals surface area contributed by atoms with Crippen LogP contribution >= 0.6 is 11.3 Å². The molecule has 2 heterocycles. The largest absolute Gasteiger partial charge is 0.348 e. The van der Waals surface area contributed by atoms with Crippen molar-refractivity contribution in [1.29, 1.82) is 0 Å². The molecule has 140 valence electrons. The summed E-state index contributed by atoms with van der Waals surface area (Å²) in [7, 11) is 0. The molecule has 0 spiro atoms. The van der Waals surface area contributed by atoms with Gasteiger partial charge in [0.15, 0.2) is 0 Å². The SMILES string of the molecule is C[C@H](NC(=O)Cn1cnc2sc(-c3ccccc3)cc2c1=O)c1ccccc1. The number of rotatable bonds is 5. The lowest BCUT2D eigenvalue weighted by Crippen LogP contribution is -2.33.